The van der Waals surface area contributed by atoms with Gasteiger partial charge in [-0.25, -0.2) is 10.8 Å². The Morgan fingerprint density at radius 3 is 1.90 bits per heavy atom. The number of fused-ring (bicyclic) bond motifs is 1. The first-order valence-corrected chi connectivity index (χ1v) is 8.32. The van der Waals surface area contributed by atoms with Gasteiger partial charge in [-0.15, -0.1) is 0 Å². The Kier molecular flexibility index (Phi) is 9.17. The van der Waals surface area contributed by atoms with Crippen molar-refractivity contribution in [2.75, 3.05) is 0 Å². The zero-order chi connectivity index (χ0) is 18.5. The third-order valence-electron chi connectivity index (χ3n) is 3.88. The summed E-state index contributed by atoms with van der Waals surface area (Å²) in [6.07, 6.45) is 0. The zero-order valence-electron chi connectivity index (χ0n) is 16.2. The van der Waals surface area contributed by atoms with Gasteiger partial charge in [0.15, 0.2) is 0 Å². The first kappa shape index (κ1) is 23.4. The molecule has 0 aliphatic heterocycles. The Bertz CT molecular complexity index is 1130. The van der Waals surface area contributed by atoms with Crippen molar-refractivity contribution in [3.63, 3.8) is 0 Å². The molecular weight excluding hydrogens is 382 g/mol. The fourth-order valence-corrected chi connectivity index (χ4v) is 2.52. The van der Waals surface area contributed by atoms with Gasteiger partial charge in [0.2, 0.25) is 0 Å². The van der Waals surface area contributed by atoms with Gasteiger partial charge in [-0.1, -0.05) is 18.2 Å². The van der Waals surface area contributed by atoms with Crippen molar-refractivity contribution >= 4 is 33.5 Å². The van der Waals surface area contributed by atoms with Crippen LogP contribution in [0.15, 0.2) is 99.3 Å². The summed E-state index contributed by atoms with van der Waals surface area (Å²) >= 11 is 0. The third-order valence-corrected chi connectivity index (χ3v) is 3.88. The summed E-state index contributed by atoms with van der Waals surface area (Å²) in [6.45, 7) is 0. The first-order valence-electron chi connectivity index (χ1n) is 8.32. The minimum Gasteiger partial charge on any atom is -0.506 e. The van der Waals surface area contributed by atoms with E-state index in [2.05, 4.69) is 32.6 Å². The van der Waals surface area contributed by atoms with Crippen LogP contribution in [0.3, 0.4) is 0 Å². The molecule has 0 amide bonds. The van der Waals surface area contributed by atoms with Crippen molar-refractivity contribution in [2.45, 2.75) is 0 Å². The van der Waals surface area contributed by atoms with Crippen LogP contribution in [0, 0.1) is 12.1 Å². The molecule has 0 saturated heterocycles. The molecule has 0 aliphatic rings. The van der Waals surface area contributed by atoms with Crippen molar-refractivity contribution in [1.29, 1.82) is 0 Å². The van der Waals surface area contributed by atoms with Crippen molar-refractivity contribution in [3.05, 3.63) is 91.0 Å². The van der Waals surface area contributed by atoms with E-state index in [0.717, 1.165) is 16.8 Å². The van der Waals surface area contributed by atoms with Gasteiger partial charge in [0.05, 0.1) is 22.7 Å². The van der Waals surface area contributed by atoms with Crippen LogP contribution in [0.5, 0.6) is 5.75 Å². The van der Waals surface area contributed by atoms with Crippen LogP contribution in [0.2, 0.25) is 0 Å². The van der Waals surface area contributed by atoms with Gasteiger partial charge in [0, 0.05) is 0 Å². The summed E-state index contributed by atoms with van der Waals surface area (Å²) in [6, 6.07) is 29.6. The average molecular weight is 396 g/mol. The predicted octanol–water partition coefficient (Wildman–Crippen LogP) is 0.985. The van der Waals surface area contributed by atoms with E-state index < -0.39 is 0 Å². The number of rotatable bonds is 4. The molecule has 7 heteroatoms. The van der Waals surface area contributed by atoms with E-state index >= 15 is 0 Å². The number of azo groups is 2. The van der Waals surface area contributed by atoms with E-state index in [4.69, 9.17) is 0 Å². The number of hydrogen-bond donors (Lipinski definition) is 1. The molecule has 5 nitrogen and oxygen atoms in total. The van der Waals surface area contributed by atoms with Gasteiger partial charge in [-0.3, -0.25) is 6.07 Å². The summed E-state index contributed by atoms with van der Waals surface area (Å²) in [5.41, 5.74) is 2.54. The summed E-state index contributed by atoms with van der Waals surface area (Å²) in [5.74, 6) is 0.0574. The molecule has 0 saturated carbocycles. The molecule has 4 rings (SSSR count). The average Bonchev–Trinajstić information content (AvgIpc) is 2.73. The van der Waals surface area contributed by atoms with Crippen LogP contribution in [0.1, 0.15) is 0 Å². The topological polar surface area (TPSA) is 69.7 Å². The fourth-order valence-electron chi connectivity index (χ4n) is 2.52. The second-order valence-corrected chi connectivity index (χ2v) is 5.75. The molecule has 0 aliphatic carbocycles. The molecule has 4 aromatic carbocycles. The summed E-state index contributed by atoms with van der Waals surface area (Å²) < 4.78 is 0. The molecule has 0 unspecified atom stereocenters. The van der Waals surface area contributed by atoms with Gasteiger partial charge in [-0.05, 0) is 42.5 Å². The largest absolute Gasteiger partial charge is 1.00 e. The van der Waals surface area contributed by atoms with Crippen LogP contribution in [0.25, 0.3) is 10.8 Å². The van der Waals surface area contributed by atoms with Crippen LogP contribution in [-0.4, -0.2) is 5.11 Å². The monoisotopic (exact) mass is 396 g/mol. The minimum absolute atomic E-state index is 0. The Labute approximate surface area is 213 Å². The van der Waals surface area contributed by atoms with Crippen LogP contribution >= 0.6 is 0 Å². The molecule has 0 aromatic heterocycles. The number of phenols is 1. The molecule has 0 heterocycles. The van der Waals surface area contributed by atoms with E-state index in [-0.39, 0.29) is 64.9 Å². The number of benzene rings is 4. The molecule has 130 valence electrons. The number of hydrogen-bond acceptors (Lipinski definition) is 5. The van der Waals surface area contributed by atoms with E-state index in [0.29, 0.717) is 16.8 Å². The number of aromatic hydroxyl groups is 1. The third kappa shape index (κ3) is 6.06. The van der Waals surface area contributed by atoms with Crippen molar-refractivity contribution in [1.82, 2.24) is 0 Å². The molecule has 29 heavy (non-hydrogen) atoms. The summed E-state index contributed by atoms with van der Waals surface area (Å²) in [5, 5.41) is 28.5. The molecular formula is C22H14N4Na2O. The van der Waals surface area contributed by atoms with E-state index in [1.54, 1.807) is 30.3 Å². The maximum absolute atomic E-state index is 10.1. The Hall–Kier alpha value is -1.86. The molecule has 1 N–H and O–H groups in total. The predicted molar refractivity (Wildman–Crippen MR) is 105 cm³/mol. The Morgan fingerprint density at radius 2 is 1.24 bits per heavy atom. The molecule has 0 bridgehead atoms. The van der Waals surface area contributed by atoms with Gasteiger partial charge in [0.25, 0.3) is 0 Å². The molecule has 4 aromatic rings. The van der Waals surface area contributed by atoms with Crippen LogP contribution < -0.4 is 59.1 Å². The normalized spacial score (nSPS) is 10.8. The zero-order valence-corrected chi connectivity index (χ0v) is 20.2. The standard InChI is InChI=1S/C22H14N4O.2Na/c27-21-15-10-16-6-4-5-9-20(16)22(21)26-25-19-13-11-18(12-14-19)24-23-17-7-2-1-3-8-17;;/h1-3,5-8,10-15,27H;;/q-2;2*+1. The van der Waals surface area contributed by atoms with Crippen molar-refractivity contribution in [2.24, 2.45) is 20.5 Å². The molecule has 0 fully saturated rings. The number of phenolic OH excluding ortho intramolecular Hbond substituents is 1. The molecule has 0 radical (unpaired) electrons. The van der Waals surface area contributed by atoms with Gasteiger partial charge < -0.3 is 23.3 Å². The van der Waals surface area contributed by atoms with Gasteiger partial charge in [0.1, 0.15) is 5.75 Å². The number of nitrogens with zero attached hydrogens (tertiary/aromatic N) is 4. The SMILES string of the molecule is Oc1ccc2c[c-]c[c-]c2c1N=Nc1ccc(N=Nc2ccccc2)cc1.[Na+].[Na+]. The van der Waals surface area contributed by atoms with Gasteiger partial charge in [-0.2, -0.15) is 26.5 Å². The van der Waals surface area contributed by atoms with E-state index in [1.165, 1.54) is 0 Å². The van der Waals surface area contributed by atoms with E-state index in [9.17, 15) is 5.11 Å². The Morgan fingerprint density at radius 1 is 0.655 bits per heavy atom. The van der Waals surface area contributed by atoms with Crippen LogP contribution in [0.4, 0.5) is 22.7 Å². The summed E-state index contributed by atoms with van der Waals surface area (Å²) in [7, 11) is 0. The first-order chi connectivity index (χ1) is 13.3. The molecule has 0 atom stereocenters. The van der Waals surface area contributed by atoms with Crippen LogP contribution in [-0.2, 0) is 0 Å². The quantitative estimate of drug-likeness (QED) is 0.312. The fraction of sp³-hybridized carbons (Fsp3) is 0. The second kappa shape index (κ2) is 11.4. The maximum Gasteiger partial charge on any atom is 1.00 e. The van der Waals surface area contributed by atoms with Crippen molar-refractivity contribution in [3.8, 4) is 5.75 Å². The van der Waals surface area contributed by atoms with Gasteiger partial charge >= 0.3 is 59.1 Å². The molecule has 0 spiro atoms. The minimum atomic E-state index is 0. The summed E-state index contributed by atoms with van der Waals surface area (Å²) in [4.78, 5) is 0. The second-order valence-electron chi connectivity index (χ2n) is 5.75. The smallest absolute Gasteiger partial charge is 0.506 e. The van der Waals surface area contributed by atoms with Crippen molar-refractivity contribution < 1.29 is 64.2 Å². The Balaban J connectivity index is 0.00000150. The van der Waals surface area contributed by atoms with E-state index in [1.807, 2.05) is 48.5 Å². The maximum atomic E-state index is 10.1.